The van der Waals surface area contributed by atoms with Crippen molar-refractivity contribution >= 4 is 29.2 Å². The standard InChI is InChI=1S/C31H31ClF3NO8/c1-6-43-27(37)15-26-30(38)36(16-17-10-11-18(39-2)12-25(17)41-4)23-14-21(31(33,34)35)22(32)13-20(23)28(44-26)19-8-7-9-24(40-3)29(19)42-5/h7-14,26,28H,6,15-16H2,1-5H3/t26-,28-/m1/s1. The highest BCUT2D eigenvalue weighted by Gasteiger charge is 2.42. The number of anilines is 1. The van der Waals surface area contributed by atoms with Gasteiger partial charge >= 0.3 is 12.1 Å². The second-order valence-electron chi connectivity index (χ2n) is 9.59. The lowest BCUT2D eigenvalue weighted by Crippen LogP contribution is -2.40. The molecule has 3 aromatic rings. The van der Waals surface area contributed by atoms with Gasteiger partial charge in [0, 0.05) is 22.8 Å². The Morgan fingerprint density at radius 3 is 2.30 bits per heavy atom. The van der Waals surface area contributed by atoms with Crippen molar-refractivity contribution in [1.29, 1.82) is 0 Å². The molecule has 9 nitrogen and oxygen atoms in total. The number of rotatable bonds is 10. The van der Waals surface area contributed by atoms with Crippen molar-refractivity contribution in [1.82, 2.24) is 0 Å². The number of hydrogen-bond acceptors (Lipinski definition) is 8. The van der Waals surface area contributed by atoms with Crippen molar-refractivity contribution in [3.8, 4) is 23.0 Å². The third kappa shape index (κ3) is 6.66. The molecule has 3 aromatic carbocycles. The van der Waals surface area contributed by atoms with Crippen LogP contribution in [-0.2, 0) is 31.8 Å². The fourth-order valence-corrected chi connectivity index (χ4v) is 5.29. The maximum absolute atomic E-state index is 14.2. The molecular formula is C31H31ClF3NO8. The molecular weight excluding hydrogens is 607 g/mol. The van der Waals surface area contributed by atoms with E-state index in [1.807, 2.05) is 0 Å². The zero-order valence-corrected chi connectivity index (χ0v) is 25.4. The van der Waals surface area contributed by atoms with Crippen LogP contribution in [0, 0.1) is 0 Å². The summed E-state index contributed by atoms with van der Waals surface area (Å²) in [5.41, 5.74) is -0.386. The quantitative estimate of drug-likeness (QED) is 0.237. The van der Waals surface area contributed by atoms with E-state index in [0.29, 0.717) is 28.4 Å². The van der Waals surface area contributed by atoms with Crippen LogP contribution in [0.3, 0.4) is 0 Å². The first-order valence-electron chi connectivity index (χ1n) is 13.4. The summed E-state index contributed by atoms with van der Waals surface area (Å²) in [6.45, 7) is 1.41. The Morgan fingerprint density at radius 1 is 0.955 bits per heavy atom. The SMILES string of the molecule is CCOC(=O)C[C@H]1O[C@H](c2cccc(OC)c2OC)c2cc(Cl)c(C(F)(F)F)cc2N(Cc2ccc(OC)cc2OC)C1=O. The number of nitrogens with zero attached hydrogens (tertiary/aromatic N) is 1. The maximum Gasteiger partial charge on any atom is 0.417 e. The van der Waals surface area contributed by atoms with Crippen molar-refractivity contribution in [2.24, 2.45) is 0 Å². The summed E-state index contributed by atoms with van der Waals surface area (Å²) in [5.74, 6) is -0.198. The minimum Gasteiger partial charge on any atom is -0.497 e. The number of alkyl halides is 3. The topological polar surface area (TPSA) is 92.8 Å². The average molecular weight is 638 g/mol. The van der Waals surface area contributed by atoms with Crippen molar-refractivity contribution in [2.45, 2.75) is 38.3 Å². The Balaban J connectivity index is 2.01. The van der Waals surface area contributed by atoms with Gasteiger partial charge in [-0.25, -0.2) is 0 Å². The van der Waals surface area contributed by atoms with Gasteiger partial charge in [0.25, 0.3) is 5.91 Å². The minimum absolute atomic E-state index is 0.0460. The number of carbonyl (C=O) groups is 2. The second-order valence-corrected chi connectivity index (χ2v) is 9.99. The number of amides is 1. The van der Waals surface area contributed by atoms with Gasteiger partial charge in [-0.15, -0.1) is 0 Å². The molecule has 1 amide bonds. The van der Waals surface area contributed by atoms with Crippen LogP contribution in [-0.4, -0.2) is 53.0 Å². The summed E-state index contributed by atoms with van der Waals surface area (Å²) in [5, 5.41) is -0.606. The van der Waals surface area contributed by atoms with E-state index in [9.17, 15) is 22.8 Å². The molecule has 4 rings (SSSR count). The zero-order chi connectivity index (χ0) is 32.2. The van der Waals surface area contributed by atoms with Gasteiger partial charge in [0.15, 0.2) is 11.5 Å². The molecule has 0 bridgehead atoms. The molecule has 0 aliphatic carbocycles. The lowest BCUT2D eigenvalue weighted by atomic mass is 9.96. The molecule has 1 heterocycles. The minimum atomic E-state index is -4.85. The van der Waals surface area contributed by atoms with E-state index in [1.54, 1.807) is 43.3 Å². The highest BCUT2D eigenvalue weighted by atomic mass is 35.5. The van der Waals surface area contributed by atoms with Crippen molar-refractivity contribution in [3.05, 3.63) is 75.8 Å². The normalized spacial score (nSPS) is 16.6. The maximum atomic E-state index is 14.2. The van der Waals surface area contributed by atoms with Crippen LogP contribution in [0.5, 0.6) is 23.0 Å². The number of benzene rings is 3. The highest BCUT2D eigenvalue weighted by Crippen LogP contribution is 2.48. The van der Waals surface area contributed by atoms with Gasteiger partial charge in [0.2, 0.25) is 0 Å². The number of ether oxygens (including phenoxy) is 6. The van der Waals surface area contributed by atoms with Crippen LogP contribution >= 0.6 is 11.6 Å². The van der Waals surface area contributed by atoms with Crippen LogP contribution in [0.25, 0.3) is 0 Å². The Bertz CT molecular complexity index is 1530. The van der Waals surface area contributed by atoms with Gasteiger partial charge < -0.3 is 33.3 Å². The Hall–Kier alpha value is -4.16. The summed E-state index contributed by atoms with van der Waals surface area (Å²) in [7, 11) is 5.70. The van der Waals surface area contributed by atoms with Gasteiger partial charge in [-0.2, -0.15) is 13.2 Å². The number of methoxy groups -OCH3 is 4. The van der Waals surface area contributed by atoms with Crippen LogP contribution in [0.4, 0.5) is 18.9 Å². The zero-order valence-electron chi connectivity index (χ0n) is 24.6. The Morgan fingerprint density at radius 2 is 1.68 bits per heavy atom. The van der Waals surface area contributed by atoms with Crippen LogP contribution in [0.2, 0.25) is 5.02 Å². The van der Waals surface area contributed by atoms with Crippen molar-refractivity contribution < 1.29 is 51.2 Å². The fourth-order valence-electron chi connectivity index (χ4n) is 5.01. The monoisotopic (exact) mass is 637 g/mol. The smallest absolute Gasteiger partial charge is 0.417 e. The molecule has 236 valence electrons. The summed E-state index contributed by atoms with van der Waals surface area (Å²) >= 11 is 6.23. The Kier molecular flexibility index (Phi) is 10.2. The van der Waals surface area contributed by atoms with E-state index < -0.39 is 47.3 Å². The molecule has 13 heteroatoms. The molecule has 0 saturated carbocycles. The van der Waals surface area contributed by atoms with E-state index in [4.69, 9.17) is 40.0 Å². The number of esters is 1. The lowest BCUT2D eigenvalue weighted by Gasteiger charge is -2.27. The van der Waals surface area contributed by atoms with Crippen LogP contribution in [0.15, 0.2) is 48.5 Å². The van der Waals surface area contributed by atoms with E-state index >= 15 is 0 Å². The van der Waals surface area contributed by atoms with E-state index in [0.717, 1.165) is 17.0 Å². The van der Waals surface area contributed by atoms with Gasteiger partial charge in [-0.05, 0) is 37.3 Å². The van der Waals surface area contributed by atoms with Crippen molar-refractivity contribution in [2.75, 3.05) is 39.9 Å². The van der Waals surface area contributed by atoms with E-state index in [-0.39, 0.29) is 30.2 Å². The average Bonchev–Trinajstić information content (AvgIpc) is 3.10. The molecule has 44 heavy (non-hydrogen) atoms. The van der Waals surface area contributed by atoms with Gasteiger partial charge in [-0.3, -0.25) is 9.59 Å². The third-order valence-electron chi connectivity index (χ3n) is 7.03. The molecule has 0 aromatic heterocycles. The molecule has 0 fully saturated rings. The molecule has 0 N–H and O–H groups in total. The molecule has 1 aliphatic heterocycles. The third-order valence-corrected chi connectivity index (χ3v) is 7.35. The number of hydrogen-bond donors (Lipinski definition) is 0. The summed E-state index contributed by atoms with van der Waals surface area (Å²) in [4.78, 5) is 28.0. The number of para-hydroxylation sites is 1. The second kappa shape index (κ2) is 13.6. The first-order chi connectivity index (χ1) is 21.0. The number of carbonyl (C=O) groups excluding carboxylic acids is 2. The van der Waals surface area contributed by atoms with Crippen LogP contribution in [0.1, 0.15) is 41.7 Å². The lowest BCUT2D eigenvalue weighted by molar-refractivity contribution is -0.151. The Labute approximate surface area is 257 Å². The molecule has 0 radical (unpaired) electrons. The summed E-state index contributed by atoms with van der Waals surface area (Å²) in [6, 6.07) is 11.6. The predicted octanol–water partition coefficient (Wildman–Crippen LogP) is 6.37. The van der Waals surface area contributed by atoms with E-state index in [2.05, 4.69) is 0 Å². The fraction of sp³-hybridized carbons (Fsp3) is 0.355. The number of halogens is 4. The molecule has 0 spiro atoms. The molecule has 2 atom stereocenters. The van der Waals surface area contributed by atoms with Crippen LogP contribution < -0.4 is 23.8 Å². The molecule has 1 aliphatic rings. The summed E-state index contributed by atoms with van der Waals surface area (Å²) in [6.07, 6.45) is -8.06. The van der Waals surface area contributed by atoms with Crippen molar-refractivity contribution in [3.63, 3.8) is 0 Å². The molecule has 0 unspecified atom stereocenters. The predicted molar refractivity (Wildman–Crippen MR) is 155 cm³/mol. The van der Waals surface area contributed by atoms with Gasteiger partial charge in [-0.1, -0.05) is 23.7 Å². The van der Waals surface area contributed by atoms with Gasteiger partial charge in [0.05, 0.1) is 64.3 Å². The molecule has 0 saturated heterocycles. The highest BCUT2D eigenvalue weighted by molar-refractivity contribution is 6.31. The van der Waals surface area contributed by atoms with Gasteiger partial charge in [0.1, 0.15) is 23.7 Å². The summed E-state index contributed by atoms with van der Waals surface area (Å²) < 4.78 is 75.8. The first kappa shape index (κ1) is 32.7. The first-order valence-corrected chi connectivity index (χ1v) is 13.8. The number of fused-ring (bicyclic) bond motifs is 1. The largest absolute Gasteiger partial charge is 0.497 e. The van der Waals surface area contributed by atoms with E-state index in [1.165, 1.54) is 28.4 Å².